The highest BCUT2D eigenvalue weighted by Gasteiger charge is 2.09. The largest absolute Gasteiger partial charge is 0.493 e. The molecular formula is C15H15ClO3. The SMILES string of the molecule is COc1cccc(CO)c1OCc1ccc(Cl)cc1. The van der Waals surface area contributed by atoms with Gasteiger partial charge in [0.2, 0.25) is 0 Å². The number of hydrogen-bond acceptors (Lipinski definition) is 3. The molecule has 0 saturated heterocycles. The normalized spacial score (nSPS) is 10.3. The third kappa shape index (κ3) is 3.40. The van der Waals surface area contributed by atoms with Crippen LogP contribution in [0.2, 0.25) is 5.02 Å². The van der Waals surface area contributed by atoms with Crippen molar-refractivity contribution in [3.8, 4) is 11.5 Å². The summed E-state index contributed by atoms with van der Waals surface area (Å²) < 4.78 is 11.0. The summed E-state index contributed by atoms with van der Waals surface area (Å²) in [4.78, 5) is 0. The van der Waals surface area contributed by atoms with E-state index < -0.39 is 0 Å². The molecule has 0 radical (unpaired) electrons. The standard InChI is InChI=1S/C15H15ClO3/c1-18-14-4-2-3-12(9-17)15(14)19-10-11-5-7-13(16)8-6-11/h2-8,17H,9-10H2,1H3. The maximum atomic E-state index is 9.32. The molecule has 19 heavy (non-hydrogen) atoms. The first-order valence-electron chi connectivity index (χ1n) is 5.88. The number of ether oxygens (including phenoxy) is 2. The van der Waals surface area contributed by atoms with Gasteiger partial charge in [0, 0.05) is 10.6 Å². The zero-order valence-electron chi connectivity index (χ0n) is 10.6. The van der Waals surface area contributed by atoms with Gasteiger partial charge in [0.25, 0.3) is 0 Å². The van der Waals surface area contributed by atoms with Crippen LogP contribution in [-0.4, -0.2) is 12.2 Å². The van der Waals surface area contributed by atoms with Crippen LogP contribution in [0.1, 0.15) is 11.1 Å². The Kier molecular flexibility index (Phi) is 4.66. The molecule has 0 aliphatic carbocycles. The van der Waals surface area contributed by atoms with E-state index in [9.17, 15) is 5.11 Å². The van der Waals surface area contributed by atoms with E-state index in [4.69, 9.17) is 21.1 Å². The molecule has 2 aromatic carbocycles. The lowest BCUT2D eigenvalue weighted by Gasteiger charge is -2.14. The van der Waals surface area contributed by atoms with Gasteiger partial charge in [-0.15, -0.1) is 0 Å². The summed E-state index contributed by atoms with van der Waals surface area (Å²) in [6, 6.07) is 12.9. The molecule has 0 aromatic heterocycles. The van der Waals surface area contributed by atoms with Gasteiger partial charge in [-0.1, -0.05) is 35.9 Å². The molecule has 100 valence electrons. The van der Waals surface area contributed by atoms with Gasteiger partial charge in [0.15, 0.2) is 11.5 Å². The Hall–Kier alpha value is -1.71. The topological polar surface area (TPSA) is 38.7 Å². The van der Waals surface area contributed by atoms with Crippen molar-refractivity contribution >= 4 is 11.6 Å². The highest BCUT2D eigenvalue weighted by molar-refractivity contribution is 6.30. The first-order valence-corrected chi connectivity index (χ1v) is 6.26. The van der Waals surface area contributed by atoms with Gasteiger partial charge >= 0.3 is 0 Å². The zero-order chi connectivity index (χ0) is 13.7. The van der Waals surface area contributed by atoms with E-state index in [1.54, 1.807) is 19.2 Å². The average molecular weight is 279 g/mol. The summed E-state index contributed by atoms with van der Waals surface area (Å²) >= 11 is 5.83. The number of benzene rings is 2. The van der Waals surface area contributed by atoms with Crippen LogP contribution in [0.25, 0.3) is 0 Å². The van der Waals surface area contributed by atoms with Crippen molar-refractivity contribution in [1.29, 1.82) is 0 Å². The van der Waals surface area contributed by atoms with E-state index in [1.165, 1.54) is 0 Å². The molecule has 4 heteroatoms. The third-order valence-electron chi connectivity index (χ3n) is 2.75. The van der Waals surface area contributed by atoms with E-state index in [0.717, 1.165) is 5.56 Å². The van der Waals surface area contributed by atoms with Crippen molar-refractivity contribution in [2.45, 2.75) is 13.2 Å². The van der Waals surface area contributed by atoms with E-state index in [2.05, 4.69) is 0 Å². The molecule has 0 bridgehead atoms. The fourth-order valence-electron chi connectivity index (χ4n) is 1.75. The molecular weight excluding hydrogens is 264 g/mol. The third-order valence-corrected chi connectivity index (χ3v) is 3.00. The van der Waals surface area contributed by atoms with E-state index in [-0.39, 0.29) is 6.61 Å². The Morgan fingerprint density at radius 3 is 2.47 bits per heavy atom. The average Bonchev–Trinajstić information content (AvgIpc) is 2.46. The summed E-state index contributed by atoms with van der Waals surface area (Å²) in [5, 5.41) is 10.0. The van der Waals surface area contributed by atoms with Gasteiger partial charge in [0.05, 0.1) is 13.7 Å². The number of halogens is 1. The number of aliphatic hydroxyl groups is 1. The van der Waals surface area contributed by atoms with Crippen molar-refractivity contribution < 1.29 is 14.6 Å². The van der Waals surface area contributed by atoms with Gasteiger partial charge in [-0.25, -0.2) is 0 Å². The van der Waals surface area contributed by atoms with Gasteiger partial charge < -0.3 is 14.6 Å². The van der Waals surface area contributed by atoms with Gasteiger partial charge in [0.1, 0.15) is 6.61 Å². The molecule has 0 aliphatic rings. The first-order chi connectivity index (χ1) is 9.24. The quantitative estimate of drug-likeness (QED) is 0.911. The molecule has 0 heterocycles. The van der Waals surface area contributed by atoms with E-state index >= 15 is 0 Å². The highest BCUT2D eigenvalue weighted by atomic mass is 35.5. The molecule has 2 aromatic rings. The summed E-state index contributed by atoms with van der Waals surface area (Å²) in [5.74, 6) is 1.18. The monoisotopic (exact) mass is 278 g/mol. The van der Waals surface area contributed by atoms with E-state index in [0.29, 0.717) is 28.7 Å². The predicted octanol–water partition coefficient (Wildman–Crippen LogP) is 3.42. The first kappa shape index (κ1) is 13.7. The second-order valence-corrected chi connectivity index (χ2v) is 4.46. The maximum Gasteiger partial charge on any atom is 0.167 e. The summed E-state index contributed by atoms with van der Waals surface area (Å²) in [6.07, 6.45) is 0. The second-order valence-electron chi connectivity index (χ2n) is 4.02. The Morgan fingerprint density at radius 1 is 1.11 bits per heavy atom. The van der Waals surface area contributed by atoms with E-state index in [1.807, 2.05) is 30.3 Å². The Labute approximate surface area is 117 Å². The molecule has 0 fully saturated rings. The van der Waals surface area contributed by atoms with Crippen LogP contribution in [0.4, 0.5) is 0 Å². The van der Waals surface area contributed by atoms with Crippen LogP contribution in [-0.2, 0) is 13.2 Å². The minimum atomic E-state index is -0.0901. The molecule has 0 unspecified atom stereocenters. The van der Waals surface area contributed by atoms with Gasteiger partial charge in [-0.2, -0.15) is 0 Å². The van der Waals surface area contributed by atoms with Crippen LogP contribution >= 0.6 is 11.6 Å². The lowest BCUT2D eigenvalue weighted by Crippen LogP contribution is -2.01. The number of methoxy groups -OCH3 is 1. The number of rotatable bonds is 5. The minimum absolute atomic E-state index is 0.0901. The lowest BCUT2D eigenvalue weighted by atomic mass is 10.2. The summed E-state index contributed by atoms with van der Waals surface area (Å²) in [6.45, 7) is 0.303. The molecule has 0 saturated carbocycles. The summed E-state index contributed by atoms with van der Waals surface area (Å²) in [7, 11) is 1.58. The highest BCUT2D eigenvalue weighted by Crippen LogP contribution is 2.31. The molecule has 3 nitrogen and oxygen atoms in total. The van der Waals surface area contributed by atoms with Crippen molar-refractivity contribution in [3.05, 3.63) is 58.6 Å². The fourth-order valence-corrected chi connectivity index (χ4v) is 1.87. The summed E-state index contributed by atoms with van der Waals surface area (Å²) in [5.41, 5.74) is 1.70. The predicted molar refractivity (Wildman–Crippen MR) is 74.7 cm³/mol. The van der Waals surface area contributed by atoms with Crippen molar-refractivity contribution in [2.24, 2.45) is 0 Å². The van der Waals surface area contributed by atoms with Crippen LogP contribution in [0.3, 0.4) is 0 Å². The van der Waals surface area contributed by atoms with Crippen molar-refractivity contribution in [3.63, 3.8) is 0 Å². The number of aliphatic hydroxyl groups excluding tert-OH is 1. The van der Waals surface area contributed by atoms with Crippen molar-refractivity contribution in [2.75, 3.05) is 7.11 Å². The smallest absolute Gasteiger partial charge is 0.167 e. The van der Waals surface area contributed by atoms with Gasteiger partial charge in [-0.05, 0) is 23.8 Å². The van der Waals surface area contributed by atoms with Gasteiger partial charge in [-0.3, -0.25) is 0 Å². The van der Waals surface area contributed by atoms with Crippen molar-refractivity contribution in [1.82, 2.24) is 0 Å². The Bertz CT molecular complexity index is 515. The molecule has 1 N–H and O–H groups in total. The van der Waals surface area contributed by atoms with Crippen LogP contribution in [0, 0.1) is 0 Å². The Balaban J connectivity index is 2.16. The van der Waals surface area contributed by atoms with Crippen LogP contribution < -0.4 is 9.47 Å². The molecule has 0 spiro atoms. The number of para-hydroxylation sites is 1. The Morgan fingerprint density at radius 2 is 1.84 bits per heavy atom. The zero-order valence-corrected chi connectivity index (χ0v) is 11.4. The lowest BCUT2D eigenvalue weighted by molar-refractivity contribution is 0.250. The second kappa shape index (κ2) is 6.45. The maximum absolute atomic E-state index is 9.32. The molecule has 0 aliphatic heterocycles. The molecule has 2 rings (SSSR count). The molecule has 0 atom stereocenters. The minimum Gasteiger partial charge on any atom is -0.493 e. The number of hydrogen-bond donors (Lipinski definition) is 1. The molecule has 0 amide bonds. The fraction of sp³-hybridized carbons (Fsp3) is 0.200. The van der Waals surface area contributed by atoms with Crippen LogP contribution in [0.5, 0.6) is 11.5 Å². The van der Waals surface area contributed by atoms with Crippen LogP contribution in [0.15, 0.2) is 42.5 Å².